The van der Waals surface area contributed by atoms with Crippen LogP contribution in [0.25, 0.3) is 16.5 Å². The molecule has 0 spiro atoms. The molecule has 0 aliphatic rings. The van der Waals surface area contributed by atoms with Gasteiger partial charge in [0.1, 0.15) is 0 Å². The van der Waals surface area contributed by atoms with Crippen molar-refractivity contribution in [2.75, 3.05) is 6.61 Å². The van der Waals surface area contributed by atoms with Crippen molar-refractivity contribution < 1.29 is 5.11 Å². The summed E-state index contributed by atoms with van der Waals surface area (Å²) in [6.07, 6.45) is 4.01. The Bertz CT molecular complexity index is 1000. The highest BCUT2D eigenvalue weighted by molar-refractivity contribution is 6.30. The SMILES string of the molecule is OCC(c1cc(Cl)ccc1-n1cccc1)c1cccc2ccccc12. The lowest BCUT2D eigenvalue weighted by Gasteiger charge is -2.21. The van der Waals surface area contributed by atoms with E-state index in [1.807, 2.05) is 60.9 Å². The summed E-state index contributed by atoms with van der Waals surface area (Å²) in [5, 5.41) is 13.2. The number of aliphatic hydroxyl groups is 1. The van der Waals surface area contributed by atoms with Crippen LogP contribution in [0.5, 0.6) is 0 Å². The van der Waals surface area contributed by atoms with Crippen LogP contribution < -0.4 is 0 Å². The van der Waals surface area contributed by atoms with Gasteiger partial charge in [-0.05, 0) is 52.2 Å². The Labute approximate surface area is 151 Å². The van der Waals surface area contributed by atoms with Crippen molar-refractivity contribution in [3.63, 3.8) is 0 Å². The van der Waals surface area contributed by atoms with Crippen LogP contribution in [0.3, 0.4) is 0 Å². The van der Waals surface area contributed by atoms with E-state index in [4.69, 9.17) is 11.6 Å². The number of rotatable bonds is 4. The third-order valence-electron chi connectivity index (χ3n) is 4.63. The Balaban J connectivity index is 1.94. The highest BCUT2D eigenvalue weighted by atomic mass is 35.5. The molecule has 0 saturated heterocycles. The Morgan fingerprint density at radius 3 is 2.40 bits per heavy atom. The first-order valence-electron chi connectivity index (χ1n) is 8.29. The van der Waals surface area contributed by atoms with Crippen LogP contribution in [0, 0.1) is 0 Å². The Hall–Kier alpha value is -2.55. The van der Waals surface area contributed by atoms with Gasteiger partial charge in [0.2, 0.25) is 0 Å². The van der Waals surface area contributed by atoms with Gasteiger partial charge in [0, 0.05) is 29.0 Å². The van der Waals surface area contributed by atoms with E-state index in [1.165, 1.54) is 5.39 Å². The van der Waals surface area contributed by atoms with Gasteiger partial charge >= 0.3 is 0 Å². The van der Waals surface area contributed by atoms with Crippen molar-refractivity contribution >= 4 is 22.4 Å². The number of fused-ring (bicyclic) bond motifs is 1. The lowest BCUT2D eigenvalue weighted by molar-refractivity contribution is 0.281. The van der Waals surface area contributed by atoms with Gasteiger partial charge in [-0.1, -0.05) is 54.1 Å². The van der Waals surface area contributed by atoms with Crippen LogP contribution >= 0.6 is 11.6 Å². The van der Waals surface area contributed by atoms with E-state index in [2.05, 4.69) is 28.8 Å². The maximum absolute atomic E-state index is 10.3. The van der Waals surface area contributed by atoms with E-state index in [9.17, 15) is 5.11 Å². The normalized spacial score (nSPS) is 12.4. The minimum absolute atomic E-state index is 0.0165. The van der Waals surface area contributed by atoms with Crippen LogP contribution in [0.4, 0.5) is 0 Å². The maximum atomic E-state index is 10.3. The molecule has 0 aliphatic heterocycles. The summed E-state index contributed by atoms with van der Waals surface area (Å²) in [6, 6.07) is 24.3. The topological polar surface area (TPSA) is 25.2 Å². The molecule has 1 aromatic heterocycles. The molecule has 3 aromatic carbocycles. The molecule has 0 aliphatic carbocycles. The Morgan fingerprint density at radius 2 is 1.60 bits per heavy atom. The van der Waals surface area contributed by atoms with Gasteiger partial charge in [0.15, 0.2) is 0 Å². The van der Waals surface area contributed by atoms with Crippen molar-refractivity contribution in [2.24, 2.45) is 0 Å². The molecule has 0 bridgehead atoms. The molecule has 0 saturated carbocycles. The van der Waals surface area contributed by atoms with E-state index in [0.717, 1.165) is 22.2 Å². The molecule has 0 fully saturated rings. The summed E-state index contributed by atoms with van der Waals surface area (Å²) in [5.41, 5.74) is 3.15. The van der Waals surface area contributed by atoms with Crippen LogP contribution in [-0.4, -0.2) is 16.3 Å². The smallest absolute Gasteiger partial charge is 0.0541 e. The molecule has 0 amide bonds. The second kappa shape index (κ2) is 6.75. The maximum Gasteiger partial charge on any atom is 0.0541 e. The molecule has 1 atom stereocenters. The minimum atomic E-state index is -0.151. The Kier molecular flexibility index (Phi) is 4.31. The summed E-state index contributed by atoms with van der Waals surface area (Å²) in [6.45, 7) is 0.0165. The summed E-state index contributed by atoms with van der Waals surface area (Å²) in [4.78, 5) is 0. The van der Waals surface area contributed by atoms with Gasteiger partial charge in [-0.2, -0.15) is 0 Å². The highest BCUT2D eigenvalue weighted by Crippen LogP contribution is 2.35. The first kappa shape index (κ1) is 15.9. The highest BCUT2D eigenvalue weighted by Gasteiger charge is 2.20. The number of nitrogens with zero attached hydrogens (tertiary/aromatic N) is 1. The summed E-state index contributed by atoms with van der Waals surface area (Å²) >= 11 is 6.29. The van der Waals surface area contributed by atoms with E-state index in [-0.39, 0.29) is 12.5 Å². The van der Waals surface area contributed by atoms with Crippen molar-refractivity contribution in [3.05, 3.63) is 101 Å². The van der Waals surface area contributed by atoms with E-state index in [1.54, 1.807) is 0 Å². The molecule has 1 heterocycles. The third kappa shape index (κ3) is 2.95. The molecule has 1 N–H and O–H groups in total. The fourth-order valence-corrected chi connectivity index (χ4v) is 3.63. The van der Waals surface area contributed by atoms with Crippen molar-refractivity contribution in [1.82, 2.24) is 4.57 Å². The van der Waals surface area contributed by atoms with Gasteiger partial charge in [0.25, 0.3) is 0 Å². The van der Waals surface area contributed by atoms with Crippen LogP contribution in [0.15, 0.2) is 85.2 Å². The summed E-state index contributed by atoms with van der Waals surface area (Å²) in [7, 11) is 0. The number of hydrogen-bond donors (Lipinski definition) is 1. The molecule has 4 aromatic rings. The van der Waals surface area contributed by atoms with Crippen LogP contribution in [-0.2, 0) is 0 Å². The number of hydrogen-bond acceptors (Lipinski definition) is 1. The van der Waals surface area contributed by atoms with Crippen LogP contribution in [0.2, 0.25) is 5.02 Å². The lowest BCUT2D eigenvalue weighted by atomic mass is 9.87. The number of aromatic nitrogens is 1. The Morgan fingerprint density at radius 1 is 0.840 bits per heavy atom. The lowest BCUT2D eigenvalue weighted by Crippen LogP contribution is -2.10. The van der Waals surface area contributed by atoms with Crippen molar-refractivity contribution in [2.45, 2.75) is 5.92 Å². The van der Waals surface area contributed by atoms with Gasteiger partial charge in [-0.3, -0.25) is 0 Å². The molecule has 1 unspecified atom stereocenters. The van der Waals surface area contributed by atoms with Gasteiger partial charge in [-0.15, -0.1) is 0 Å². The molecule has 124 valence electrons. The van der Waals surface area contributed by atoms with Crippen LogP contribution in [0.1, 0.15) is 17.0 Å². The second-order valence-electron chi connectivity index (χ2n) is 6.10. The van der Waals surface area contributed by atoms with E-state index >= 15 is 0 Å². The molecule has 3 heteroatoms. The minimum Gasteiger partial charge on any atom is -0.395 e. The quantitative estimate of drug-likeness (QED) is 0.524. The first-order valence-corrected chi connectivity index (χ1v) is 8.67. The molecular formula is C22H18ClNO. The zero-order valence-electron chi connectivity index (χ0n) is 13.6. The zero-order chi connectivity index (χ0) is 17.2. The first-order chi connectivity index (χ1) is 12.3. The summed E-state index contributed by atoms with van der Waals surface area (Å²) < 4.78 is 2.06. The monoisotopic (exact) mass is 347 g/mol. The molecular weight excluding hydrogens is 330 g/mol. The predicted molar refractivity (Wildman–Crippen MR) is 104 cm³/mol. The summed E-state index contributed by atoms with van der Waals surface area (Å²) in [5.74, 6) is -0.151. The number of benzene rings is 3. The molecule has 0 radical (unpaired) electrons. The molecule has 4 rings (SSSR count). The number of halogens is 1. The fourth-order valence-electron chi connectivity index (χ4n) is 3.45. The average molecular weight is 348 g/mol. The van der Waals surface area contributed by atoms with Gasteiger partial charge in [0.05, 0.1) is 6.61 Å². The second-order valence-corrected chi connectivity index (χ2v) is 6.53. The zero-order valence-corrected chi connectivity index (χ0v) is 14.4. The van der Waals surface area contributed by atoms with Crippen molar-refractivity contribution in [1.29, 1.82) is 0 Å². The standard InChI is InChI=1S/C22H18ClNO/c23-17-10-11-22(24-12-3-4-13-24)20(14-17)21(15-25)19-9-5-7-16-6-1-2-8-18(16)19/h1-14,21,25H,15H2. The third-order valence-corrected chi connectivity index (χ3v) is 4.86. The fraction of sp³-hybridized carbons (Fsp3) is 0.0909. The predicted octanol–water partition coefficient (Wildman–Crippen LogP) is 5.41. The molecule has 25 heavy (non-hydrogen) atoms. The van der Waals surface area contributed by atoms with Gasteiger partial charge < -0.3 is 9.67 Å². The molecule has 2 nitrogen and oxygen atoms in total. The van der Waals surface area contributed by atoms with E-state index < -0.39 is 0 Å². The average Bonchev–Trinajstić information content (AvgIpc) is 3.17. The van der Waals surface area contributed by atoms with Crippen molar-refractivity contribution in [3.8, 4) is 5.69 Å². The number of aliphatic hydroxyl groups excluding tert-OH is 1. The largest absolute Gasteiger partial charge is 0.395 e. The van der Waals surface area contributed by atoms with E-state index in [0.29, 0.717) is 5.02 Å². The van der Waals surface area contributed by atoms with Gasteiger partial charge in [-0.25, -0.2) is 0 Å².